The Balaban J connectivity index is 3.13. The Morgan fingerprint density at radius 3 is 2.67 bits per heavy atom. The Kier molecular flexibility index (Phi) is 4.59. The average Bonchev–Trinajstić information content (AvgIpc) is 2.28. The summed E-state index contributed by atoms with van der Waals surface area (Å²) < 4.78 is 44.9. The van der Waals surface area contributed by atoms with Crippen molar-refractivity contribution in [2.24, 2.45) is 5.73 Å². The van der Waals surface area contributed by atoms with Gasteiger partial charge in [0.2, 0.25) is 0 Å². The molecule has 1 aromatic carbocycles. The highest BCUT2D eigenvalue weighted by molar-refractivity contribution is 6.31. The number of halogens is 4. The van der Waals surface area contributed by atoms with Crippen LogP contribution < -0.4 is 5.73 Å². The lowest BCUT2D eigenvalue weighted by molar-refractivity contribution is -0.174. The largest absolute Gasteiger partial charge is 0.462 e. The van der Waals surface area contributed by atoms with Gasteiger partial charge in [-0.15, -0.1) is 0 Å². The summed E-state index contributed by atoms with van der Waals surface area (Å²) in [6.07, 6.45) is 0. The van der Waals surface area contributed by atoms with Gasteiger partial charge in [-0.2, -0.15) is 8.78 Å². The number of esters is 1. The second-order valence-corrected chi connectivity index (χ2v) is 3.86. The van der Waals surface area contributed by atoms with Gasteiger partial charge < -0.3 is 10.5 Å². The Labute approximate surface area is 107 Å². The van der Waals surface area contributed by atoms with Crippen LogP contribution in [0.1, 0.15) is 18.5 Å². The van der Waals surface area contributed by atoms with Gasteiger partial charge in [-0.05, 0) is 19.1 Å². The number of benzene rings is 1. The molecule has 0 aromatic heterocycles. The van der Waals surface area contributed by atoms with Crippen molar-refractivity contribution in [3.8, 4) is 0 Å². The zero-order chi connectivity index (χ0) is 13.9. The Morgan fingerprint density at radius 2 is 2.17 bits per heavy atom. The summed E-state index contributed by atoms with van der Waals surface area (Å²) in [6.45, 7) is 1.14. The van der Waals surface area contributed by atoms with Crippen LogP contribution in [0, 0.1) is 5.82 Å². The van der Waals surface area contributed by atoms with E-state index in [1.807, 2.05) is 0 Å². The molecule has 0 saturated carbocycles. The highest BCUT2D eigenvalue weighted by Gasteiger charge is 2.49. The summed E-state index contributed by atoms with van der Waals surface area (Å²) in [7, 11) is 0. The first-order valence-corrected chi connectivity index (χ1v) is 5.44. The molecule has 0 amide bonds. The molecule has 0 heterocycles. The molecule has 2 N–H and O–H groups in total. The van der Waals surface area contributed by atoms with Gasteiger partial charge in [0.15, 0.2) is 0 Å². The summed E-state index contributed by atoms with van der Waals surface area (Å²) in [4.78, 5) is 11.1. The second-order valence-electron chi connectivity index (χ2n) is 3.46. The third kappa shape index (κ3) is 2.76. The molecule has 100 valence electrons. The van der Waals surface area contributed by atoms with Crippen molar-refractivity contribution in [2.75, 3.05) is 6.61 Å². The molecule has 1 atom stereocenters. The number of ether oxygens (including phenoxy) is 1. The summed E-state index contributed by atoms with van der Waals surface area (Å²) in [5.41, 5.74) is 4.62. The number of rotatable bonds is 4. The van der Waals surface area contributed by atoms with Crippen LogP contribution in [0.5, 0.6) is 0 Å². The Hall–Kier alpha value is -1.27. The summed E-state index contributed by atoms with van der Waals surface area (Å²) in [5, 5.41) is -0.272. The number of nitrogens with two attached hydrogens (primary N) is 1. The van der Waals surface area contributed by atoms with E-state index >= 15 is 0 Å². The van der Waals surface area contributed by atoms with Crippen LogP contribution in [0.3, 0.4) is 0 Å². The summed E-state index contributed by atoms with van der Waals surface area (Å²) in [6, 6.07) is 1.19. The third-order valence-corrected chi connectivity index (χ3v) is 2.58. The molecule has 3 nitrogen and oxygen atoms in total. The molecule has 0 fully saturated rings. The van der Waals surface area contributed by atoms with Gasteiger partial charge in [-0.1, -0.05) is 17.7 Å². The first kappa shape index (κ1) is 14.8. The van der Waals surface area contributed by atoms with E-state index in [2.05, 4.69) is 4.74 Å². The van der Waals surface area contributed by atoms with Crippen LogP contribution in [0.25, 0.3) is 0 Å². The van der Waals surface area contributed by atoms with Crippen molar-refractivity contribution in [3.63, 3.8) is 0 Å². The number of carbonyl (C=O) groups is 1. The van der Waals surface area contributed by atoms with Crippen LogP contribution in [0.2, 0.25) is 5.02 Å². The van der Waals surface area contributed by atoms with Crippen molar-refractivity contribution in [1.82, 2.24) is 0 Å². The van der Waals surface area contributed by atoms with Crippen molar-refractivity contribution >= 4 is 17.6 Å². The van der Waals surface area contributed by atoms with Gasteiger partial charge >= 0.3 is 11.9 Å². The molecule has 1 rings (SSSR count). The van der Waals surface area contributed by atoms with E-state index in [4.69, 9.17) is 17.3 Å². The number of hydrogen-bond donors (Lipinski definition) is 1. The minimum Gasteiger partial charge on any atom is -0.462 e. The molecule has 7 heteroatoms. The van der Waals surface area contributed by atoms with Crippen LogP contribution in [-0.4, -0.2) is 18.5 Å². The maximum atomic E-state index is 13.6. The molecule has 18 heavy (non-hydrogen) atoms. The minimum absolute atomic E-state index is 0.230. The highest BCUT2D eigenvalue weighted by atomic mass is 35.5. The second kappa shape index (κ2) is 5.58. The van der Waals surface area contributed by atoms with Crippen molar-refractivity contribution in [3.05, 3.63) is 34.6 Å². The van der Waals surface area contributed by atoms with Crippen LogP contribution in [0.4, 0.5) is 13.2 Å². The molecule has 0 unspecified atom stereocenters. The molecule has 0 saturated heterocycles. The number of carbonyl (C=O) groups excluding carboxylic acids is 1. The maximum Gasteiger partial charge on any atom is 0.379 e. The molecular formula is C11H11ClF3NO2. The minimum atomic E-state index is -4.05. The molecule has 0 aliphatic heterocycles. The van der Waals surface area contributed by atoms with Crippen LogP contribution in [-0.2, 0) is 9.53 Å². The average molecular weight is 282 g/mol. The topological polar surface area (TPSA) is 52.3 Å². The van der Waals surface area contributed by atoms with Crippen LogP contribution >= 0.6 is 11.6 Å². The van der Waals surface area contributed by atoms with Crippen molar-refractivity contribution < 1.29 is 22.7 Å². The van der Waals surface area contributed by atoms with Gasteiger partial charge in [-0.25, -0.2) is 9.18 Å². The third-order valence-electron chi connectivity index (χ3n) is 2.25. The first-order valence-electron chi connectivity index (χ1n) is 5.06. The van der Waals surface area contributed by atoms with Gasteiger partial charge in [0.25, 0.3) is 0 Å². The maximum absolute atomic E-state index is 13.6. The van der Waals surface area contributed by atoms with Gasteiger partial charge in [0.05, 0.1) is 6.61 Å². The number of hydrogen-bond acceptors (Lipinski definition) is 3. The quantitative estimate of drug-likeness (QED) is 0.863. The summed E-state index contributed by atoms with van der Waals surface area (Å²) in [5.74, 6) is -6.86. The highest BCUT2D eigenvalue weighted by Crippen LogP contribution is 2.35. The number of alkyl halides is 2. The predicted octanol–water partition coefficient (Wildman–Crippen LogP) is 2.68. The fraction of sp³-hybridized carbons (Fsp3) is 0.364. The smallest absolute Gasteiger partial charge is 0.379 e. The van der Waals surface area contributed by atoms with Gasteiger partial charge in [0.1, 0.15) is 11.9 Å². The fourth-order valence-corrected chi connectivity index (χ4v) is 1.62. The first-order chi connectivity index (χ1) is 8.32. The standard InChI is InChI=1S/C11H11ClF3NO2/c1-2-18-10(17)11(14,15)9(16)8-6(12)4-3-5-7(8)13/h3-5,9H,2,16H2,1H3/t9-/m0/s1. The molecule has 0 aliphatic carbocycles. The van der Waals surface area contributed by atoms with E-state index in [9.17, 15) is 18.0 Å². The van der Waals surface area contributed by atoms with E-state index in [0.717, 1.165) is 6.07 Å². The lowest BCUT2D eigenvalue weighted by Gasteiger charge is -2.22. The molecule has 0 radical (unpaired) electrons. The molecule has 0 aliphatic rings. The molecular weight excluding hydrogens is 271 g/mol. The van der Waals surface area contributed by atoms with Gasteiger partial charge in [0, 0.05) is 10.6 Å². The monoisotopic (exact) mass is 281 g/mol. The van der Waals surface area contributed by atoms with Crippen molar-refractivity contribution in [1.29, 1.82) is 0 Å². The lowest BCUT2D eigenvalue weighted by Crippen LogP contribution is -2.42. The zero-order valence-electron chi connectivity index (χ0n) is 9.42. The molecule has 0 bridgehead atoms. The van der Waals surface area contributed by atoms with Gasteiger partial charge in [-0.3, -0.25) is 0 Å². The van der Waals surface area contributed by atoms with Crippen LogP contribution in [0.15, 0.2) is 18.2 Å². The van der Waals surface area contributed by atoms with E-state index < -0.39 is 29.3 Å². The van der Waals surface area contributed by atoms with E-state index in [-0.39, 0.29) is 11.6 Å². The Bertz CT molecular complexity index is 434. The zero-order valence-corrected chi connectivity index (χ0v) is 10.2. The van der Waals surface area contributed by atoms with E-state index in [1.165, 1.54) is 19.1 Å². The fourth-order valence-electron chi connectivity index (χ4n) is 1.34. The van der Waals surface area contributed by atoms with E-state index in [1.54, 1.807) is 0 Å². The SMILES string of the molecule is CCOC(=O)C(F)(F)[C@@H](N)c1c(F)cccc1Cl. The Morgan fingerprint density at radius 1 is 1.56 bits per heavy atom. The predicted molar refractivity (Wildman–Crippen MR) is 59.9 cm³/mol. The normalized spacial score (nSPS) is 13.2. The summed E-state index contributed by atoms with van der Waals surface area (Å²) >= 11 is 5.61. The van der Waals surface area contributed by atoms with E-state index in [0.29, 0.717) is 0 Å². The molecule has 1 aromatic rings. The molecule has 0 spiro atoms. The van der Waals surface area contributed by atoms with Crippen molar-refractivity contribution in [2.45, 2.75) is 18.9 Å². The lowest BCUT2D eigenvalue weighted by atomic mass is 10.0.